The highest BCUT2D eigenvalue weighted by molar-refractivity contribution is 7.89. The number of hydrogen-bond donors (Lipinski definition) is 0. The summed E-state index contributed by atoms with van der Waals surface area (Å²) in [4.78, 5) is 11.5. The maximum absolute atomic E-state index is 11.7. The van der Waals surface area contributed by atoms with E-state index in [4.69, 9.17) is 11.6 Å². The number of hydrogen-bond acceptors (Lipinski definition) is 3. The van der Waals surface area contributed by atoms with Crippen LogP contribution >= 0.6 is 11.6 Å². The average molecular weight is 272 g/mol. The van der Waals surface area contributed by atoms with Crippen molar-refractivity contribution in [2.45, 2.75) is 6.92 Å². The molecular weight excluding hydrogens is 262 g/mol. The Bertz CT molecular complexity index is 716. The van der Waals surface area contributed by atoms with E-state index in [2.05, 4.69) is 0 Å². The van der Waals surface area contributed by atoms with E-state index in [1.165, 1.54) is 6.92 Å². The average Bonchev–Trinajstić information content (AvgIpc) is 2.48. The van der Waals surface area contributed by atoms with E-state index in [9.17, 15) is 13.2 Å². The van der Waals surface area contributed by atoms with Gasteiger partial charge in [-0.1, -0.05) is 29.8 Å². The van der Waals surface area contributed by atoms with E-state index in [1.807, 2.05) is 0 Å². The minimum atomic E-state index is -3.54. The Labute approximate surface area is 104 Å². The van der Waals surface area contributed by atoms with Crippen molar-refractivity contribution >= 4 is 38.3 Å². The third-order valence-electron chi connectivity index (χ3n) is 2.46. The molecular formula is C11H10ClNO3S. The first-order valence-electron chi connectivity index (χ1n) is 4.84. The van der Waals surface area contributed by atoms with Crippen molar-refractivity contribution in [3.63, 3.8) is 0 Å². The fourth-order valence-corrected chi connectivity index (χ4v) is 3.44. The number of halogens is 1. The number of para-hydroxylation sites is 1. The highest BCUT2D eigenvalue weighted by Gasteiger charge is 2.23. The van der Waals surface area contributed by atoms with E-state index in [0.29, 0.717) is 10.9 Å². The van der Waals surface area contributed by atoms with E-state index in [-0.39, 0.29) is 16.5 Å². The van der Waals surface area contributed by atoms with Crippen LogP contribution in [0.2, 0.25) is 5.15 Å². The maximum Gasteiger partial charge on any atom is 0.237 e. The fraction of sp³-hybridized carbons (Fsp3) is 0.182. The van der Waals surface area contributed by atoms with Crippen molar-refractivity contribution in [1.82, 2.24) is 3.97 Å². The number of fused-ring (bicyclic) bond motifs is 1. The lowest BCUT2D eigenvalue weighted by atomic mass is 10.1. The summed E-state index contributed by atoms with van der Waals surface area (Å²) in [6.07, 6.45) is 1.05. The van der Waals surface area contributed by atoms with Gasteiger partial charge in [0.1, 0.15) is 5.15 Å². The molecule has 6 heteroatoms. The maximum atomic E-state index is 11.7. The molecule has 1 aromatic heterocycles. The Hall–Kier alpha value is -1.33. The van der Waals surface area contributed by atoms with Crippen LogP contribution in [0.25, 0.3) is 10.9 Å². The second kappa shape index (κ2) is 3.85. The first-order chi connectivity index (χ1) is 7.84. The lowest BCUT2D eigenvalue weighted by Crippen LogP contribution is -2.10. The van der Waals surface area contributed by atoms with E-state index < -0.39 is 10.0 Å². The van der Waals surface area contributed by atoms with Gasteiger partial charge in [0.25, 0.3) is 0 Å². The predicted molar refractivity (Wildman–Crippen MR) is 67.2 cm³/mol. The van der Waals surface area contributed by atoms with Gasteiger partial charge in [-0.2, -0.15) is 0 Å². The second-order valence-corrected chi connectivity index (χ2v) is 5.96. The molecule has 0 N–H and O–H groups in total. The molecule has 0 unspecified atom stereocenters. The SMILES string of the molecule is CC(=O)c1c(Cl)n(S(C)(=O)=O)c2ccccc12. The summed E-state index contributed by atoms with van der Waals surface area (Å²) in [5.41, 5.74) is 0.665. The lowest BCUT2D eigenvalue weighted by Gasteiger charge is -2.02. The number of Topliss-reactive ketones (excluding diaryl/α,β-unsaturated/α-hetero) is 1. The number of carbonyl (C=O) groups excluding carboxylic acids is 1. The first-order valence-corrected chi connectivity index (χ1v) is 7.07. The highest BCUT2D eigenvalue weighted by Crippen LogP contribution is 2.31. The Balaban J connectivity index is 3.05. The van der Waals surface area contributed by atoms with E-state index in [0.717, 1.165) is 10.2 Å². The third kappa shape index (κ3) is 1.85. The molecule has 0 aliphatic rings. The summed E-state index contributed by atoms with van der Waals surface area (Å²) in [6.45, 7) is 1.36. The van der Waals surface area contributed by atoms with Crippen molar-refractivity contribution in [1.29, 1.82) is 0 Å². The molecule has 0 aliphatic carbocycles. The Morgan fingerprint density at radius 1 is 1.29 bits per heavy atom. The van der Waals surface area contributed by atoms with Crippen LogP contribution in [0, 0.1) is 0 Å². The molecule has 1 aromatic carbocycles. The van der Waals surface area contributed by atoms with Crippen molar-refractivity contribution < 1.29 is 13.2 Å². The molecule has 2 rings (SSSR count). The predicted octanol–water partition coefficient (Wildman–Crippen LogP) is 2.31. The van der Waals surface area contributed by atoms with E-state index >= 15 is 0 Å². The van der Waals surface area contributed by atoms with Gasteiger partial charge in [-0.3, -0.25) is 4.79 Å². The number of carbonyl (C=O) groups is 1. The Morgan fingerprint density at radius 3 is 2.41 bits per heavy atom. The standard InChI is InChI=1S/C11H10ClNO3S/c1-7(14)10-8-5-3-4-6-9(8)13(11(10)12)17(2,15)16/h3-6H,1-2H3. The van der Waals surface area contributed by atoms with Crippen LogP contribution in [-0.2, 0) is 10.0 Å². The highest BCUT2D eigenvalue weighted by atomic mass is 35.5. The lowest BCUT2D eigenvalue weighted by molar-refractivity contribution is 0.101. The van der Waals surface area contributed by atoms with Crippen molar-refractivity contribution in [2.75, 3.05) is 6.26 Å². The quantitative estimate of drug-likeness (QED) is 0.788. The summed E-state index contributed by atoms with van der Waals surface area (Å²) in [5, 5.41) is 0.497. The molecule has 0 amide bonds. The fourth-order valence-electron chi connectivity index (χ4n) is 1.84. The van der Waals surface area contributed by atoms with Crippen LogP contribution in [0.3, 0.4) is 0 Å². The molecule has 0 spiro atoms. The largest absolute Gasteiger partial charge is 0.294 e. The molecule has 0 fully saturated rings. The van der Waals surface area contributed by atoms with Gasteiger partial charge in [-0.15, -0.1) is 0 Å². The molecule has 0 saturated carbocycles. The molecule has 0 radical (unpaired) electrons. The number of benzene rings is 1. The monoisotopic (exact) mass is 271 g/mol. The number of ketones is 1. The minimum absolute atomic E-state index is 0.0544. The van der Waals surface area contributed by atoms with Crippen LogP contribution in [0.5, 0.6) is 0 Å². The smallest absolute Gasteiger partial charge is 0.237 e. The van der Waals surface area contributed by atoms with Gasteiger partial charge in [0.2, 0.25) is 10.0 Å². The zero-order chi connectivity index (χ0) is 12.8. The summed E-state index contributed by atoms with van der Waals surface area (Å²) >= 11 is 5.99. The van der Waals surface area contributed by atoms with Crippen LogP contribution in [0.1, 0.15) is 17.3 Å². The number of nitrogens with zero attached hydrogens (tertiary/aromatic N) is 1. The minimum Gasteiger partial charge on any atom is -0.294 e. The topological polar surface area (TPSA) is 56.1 Å². The van der Waals surface area contributed by atoms with Gasteiger partial charge in [0.15, 0.2) is 5.78 Å². The second-order valence-electron chi connectivity index (χ2n) is 3.77. The van der Waals surface area contributed by atoms with E-state index in [1.54, 1.807) is 24.3 Å². The summed E-state index contributed by atoms with van der Waals surface area (Å²) in [6, 6.07) is 6.73. The van der Waals surface area contributed by atoms with Crippen LogP contribution in [0.4, 0.5) is 0 Å². The number of rotatable bonds is 2. The van der Waals surface area contributed by atoms with Crippen LogP contribution < -0.4 is 0 Å². The van der Waals surface area contributed by atoms with Crippen molar-refractivity contribution in [3.05, 3.63) is 35.0 Å². The summed E-state index contributed by atoms with van der Waals surface area (Å²) in [5.74, 6) is -0.256. The van der Waals surface area contributed by atoms with Crippen molar-refractivity contribution in [2.24, 2.45) is 0 Å². The normalized spacial score (nSPS) is 11.9. The van der Waals surface area contributed by atoms with Gasteiger partial charge < -0.3 is 0 Å². The molecule has 0 saturated heterocycles. The summed E-state index contributed by atoms with van der Waals surface area (Å²) < 4.78 is 24.3. The molecule has 2 aromatic rings. The molecule has 0 bridgehead atoms. The Morgan fingerprint density at radius 2 is 1.88 bits per heavy atom. The Kier molecular flexibility index (Phi) is 2.75. The summed E-state index contributed by atoms with van der Waals surface area (Å²) in [7, 11) is -3.54. The zero-order valence-electron chi connectivity index (χ0n) is 9.27. The van der Waals surface area contributed by atoms with Crippen LogP contribution in [0.15, 0.2) is 24.3 Å². The molecule has 17 heavy (non-hydrogen) atoms. The van der Waals surface area contributed by atoms with Gasteiger partial charge in [0.05, 0.1) is 17.3 Å². The third-order valence-corrected chi connectivity index (χ3v) is 3.96. The van der Waals surface area contributed by atoms with Gasteiger partial charge in [-0.05, 0) is 13.0 Å². The first kappa shape index (κ1) is 12.1. The molecule has 0 atom stereocenters. The number of aromatic nitrogens is 1. The van der Waals surface area contributed by atoms with Crippen LogP contribution in [-0.4, -0.2) is 24.4 Å². The molecule has 1 heterocycles. The molecule has 4 nitrogen and oxygen atoms in total. The zero-order valence-corrected chi connectivity index (χ0v) is 10.8. The van der Waals surface area contributed by atoms with Gasteiger partial charge >= 0.3 is 0 Å². The van der Waals surface area contributed by atoms with Gasteiger partial charge in [0, 0.05) is 5.39 Å². The van der Waals surface area contributed by atoms with Gasteiger partial charge in [-0.25, -0.2) is 12.4 Å². The molecule has 0 aliphatic heterocycles. The molecule has 90 valence electrons. The van der Waals surface area contributed by atoms with Crippen molar-refractivity contribution in [3.8, 4) is 0 Å².